The summed E-state index contributed by atoms with van der Waals surface area (Å²) in [7, 11) is 0. The Kier molecular flexibility index (Phi) is 5.28. The number of nitrogens with one attached hydrogen (secondary N) is 2. The summed E-state index contributed by atoms with van der Waals surface area (Å²) in [4.78, 5) is 0. The third kappa shape index (κ3) is 4.45. The molecule has 1 saturated heterocycles. The van der Waals surface area contributed by atoms with Crippen LogP contribution in [0.1, 0.15) is 11.6 Å². The second kappa shape index (κ2) is 6.31. The first-order valence-electron chi connectivity index (χ1n) is 5.48. The number of hydrogen-bond donors (Lipinski definition) is 3. The van der Waals surface area contributed by atoms with E-state index in [1.807, 2.05) is 0 Å². The summed E-state index contributed by atoms with van der Waals surface area (Å²) >= 11 is 0. The van der Waals surface area contributed by atoms with Crippen LogP contribution >= 0.6 is 12.4 Å². The van der Waals surface area contributed by atoms with E-state index >= 15 is 0 Å². The Morgan fingerprint density at radius 2 is 2.00 bits per heavy atom. The van der Waals surface area contributed by atoms with Crippen LogP contribution in [0.5, 0.6) is 11.5 Å². The lowest BCUT2D eigenvalue weighted by molar-refractivity contribution is -0.274. The highest BCUT2D eigenvalue weighted by Gasteiger charge is 2.31. The minimum Gasteiger partial charge on any atom is -0.508 e. The standard InChI is InChI=1S/C11H13F3N2O2.ClH/c12-11(13,14)18-7-1-2-10(17)8(5-7)9-6-15-3-4-16-9;/h1-2,5,9,15-17H,3-4,6H2;1H/t9-;/m0./s1. The molecule has 1 fully saturated rings. The summed E-state index contributed by atoms with van der Waals surface area (Å²) in [6.07, 6.45) is -4.73. The summed E-state index contributed by atoms with van der Waals surface area (Å²) < 4.78 is 40.1. The number of ether oxygens (including phenoxy) is 1. The van der Waals surface area contributed by atoms with Crippen molar-refractivity contribution in [3.8, 4) is 11.5 Å². The van der Waals surface area contributed by atoms with E-state index in [4.69, 9.17) is 0 Å². The number of piperazine rings is 1. The molecule has 0 spiro atoms. The van der Waals surface area contributed by atoms with Gasteiger partial charge in [-0.3, -0.25) is 0 Å². The maximum absolute atomic E-state index is 12.1. The number of rotatable bonds is 2. The average molecular weight is 299 g/mol. The molecule has 4 nitrogen and oxygen atoms in total. The number of phenolic OH excluding ortho intramolecular Hbond substituents is 1. The monoisotopic (exact) mass is 298 g/mol. The number of aromatic hydroxyl groups is 1. The van der Waals surface area contributed by atoms with E-state index < -0.39 is 6.36 Å². The molecule has 0 aromatic heterocycles. The second-order valence-electron chi connectivity index (χ2n) is 3.98. The van der Waals surface area contributed by atoms with Gasteiger partial charge in [-0.1, -0.05) is 0 Å². The summed E-state index contributed by atoms with van der Waals surface area (Å²) in [6, 6.07) is 3.26. The second-order valence-corrected chi connectivity index (χ2v) is 3.98. The first-order valence-corrected chi connectivity index (χ1v) is 5.48. The van der Waals surface area contributed by atoms with Gasteiger partial charge in [0.2, 0.25) is 0 Å². The summed E-state index contributed by atoms with van der Waals surface area (Å²) in [6.45, 7) is 2.02. The Morgan fingerprint density at radius 1 is 1.26 bits per heavy atom. The molecule has 0 radical (unpaired) electrons. The molecule has 0 aliphatic carbocycles. The summed E-state index contributed by atoms with van der Waals surface area (Å²) in [5.74, 6) is -0.381. The zero-order valence-corrected chi connectivity index (χ0v) is 10.6. The largest absolute Gasteiger partial charge is 0.573 e. The average Bonchev–Trinajstić information content (AvgIpc) is 2.31. The molecule has 1 atom stereocenters. The number of benzene rings is 1. The van der Waals surface area contributed by atoms with Gasteiger partial charge in [-0.15, -0.1) is 25.6 Å². The van der Waals surface area contributed by atoms with Gasteiger partial charge < -0.3 is 20.5 Å². The Morgan fingerprint density at radius 3 is 2.58 bits per heavy atom. The molecule has 8 heteroatoms. The lowest BCUT2D eigenvalue weighted by Gasteiger charge is -2.25. The fraction of sp³-hybridized carbons (Fsp3) is 0.455. The van der Waals surface area contributed by atoms with Crippen LogP contribution in [0.25, 0.3) is 0 Å². The third-order valence-corrected chi connectivity index (χ3v) is 2.65. The van der Waals surface area contributed by atoms with Crippen LogP contribution in [0, 0.1) is 0 Å². The number of hydrogen-bond acceptors (Lipinski definition) is 4. The predicted molar refractivity (Wildman–Crippen MR) is 65.7 cm³/mol. The van der Waals surface area contributed by atoms with Gasteiger partial charge in [0, 0.05) is 31.2 Å². The topological polar surface area (TPSA) is 53.5 Å². The molecular formula is C11H14ClF3N2O2. The lowest BCUT2D eigenvalue weighted by atomic mass is 10.0. The molecule has 108 valence electrons. The quantitative estimate of drug-likeness (QED) is 0.781. The SMILES string of the molecule is Cl.Oc1ccc(OC(F)(F)F)cc1[C@@H]1CNCCN1. The smallest absolute Gasteiger partial charge is 0.508 e. The highest BCUT2D eigenvalue weighted by atomic mass is 35.5. The summed E-state index contributed by atoms with van der Waals surface area (Å²) in [5, 5.41) is 15.9. The van der Waals surface area contributed by atoms with Crippen LogP contribution in [-0.4, -0.2) is 31.1 Å². The van der Waals surface area contributed by atoms with Gasteiger partial charge in [-0.05, 0) is 18.2 Å². The first kappa shape index (κ1) is 15.9. The van der Waals surface area contributed by atoms with Gasteiger partial charge in [0.15, 0.2) is 0 Å². The molecular weight excluding hydrogens is 285 g/mol. The maximum Gasteiger partial charge on any atom is 0.573 e. The predicted octanol–water partition coefficient (Wildman–Crippen LogP) is 1.95. The van der Waals surface area contributed by atoms with Gasteiger partial charge in [0.05, 0.1) is 0 Å². The fourth-order valence-electron chi connectivity index (χ4n) is 1.88. The molecule has 0 saturated carbocycles. The van der Waals surface area contributed by atoms with E-state index in [0.717, 1.165) is 12.6 Å². The van der Waals surface area contributed by atoms with Crippen molar-refractivity contribution < 1.29 is 23.0 Å². The van der Waals surface area contributed by atoms with Crippen molar-refractivity contribution in [2.75, 3.05) is 19.6 Å². The number of halogens is 4. The molecule has 1 aliphatic rings. The Balaban J connectivity index is 0.00000180. The van der Waals surface area contributed by atoms with Crippen molar-refractivity contribution in [3.63, 3.8) is 0 Å². The van der Waals surface area contributed by atoms with Crippen molar-refractivity contribution in [2.24, 2.45) is 0 Å². The van der Waals surface area contributed by atoms with Gasteiger partial charge in [0.1, 0.15) is 11.5 Å². The Bertz CT molecular complexity index is 423. The van der Waals surface area contributed by atoms with Crippen molar-refractivity contribution in [1.29, 1.82) is 0 Å². The molecule has 19 heavy (non-hydrogen) atoms. The highest BCUT2D eigenvalue weighted by molar-refractivity contribution is 5.85. The highest BCUT2D eigenvalue weighted by Crippen LogP contribution is 2.31. The van der Waals surface area contributed by atoms with Crippen molar-refractivity contribution in [1.82, 2.24) is 10.6 Å². The van der Waals surface area contributed by atoms with Crippen LogP contribution in [0.3, 0.4) is 0 Å². The van der Waals surface area contributed by atoms with Crippen molar-refractivity contribution in [3.05, 3.63) is 23.8 Å². The van der Waals surface area contributed by atoms with Crippen molar-refractivity contribution in [2.45, 2.75) is 12.4 Å². The molecule has 2 rings (SSSR count). The molecule has 1 aliphatic heterocycles. The fourth-order valence-corrected chi connectivity index (χ4v) is 1.88. The first-order chi connectivity index (χ1) is 8.46. The zero-order valence-electron chi connectivity index (χ0n) is 9.83. The van der Waals surface area contributed by atoms with Crippen LogP contribution in [0.15, 0.2) is 18.2 Å². The minimum absolute atomic E-state index is 0. The Labute approximate surface area is 114 Å². The van der Waals surface area contributed by atoms with Gasteiger partial charge in [-0.25, -0.2) is 0 Å². The van der Waals surface area contributed by atoms with E-state index in [1.54, 1.807) is 0 Å². The minimum atomic E-state index is -4.73. The molecule has 0 unspecified atom stereocenters. The van der Waals surface area contributed by atoms with Gasteiger partial charge in [-0.2, -0.15) is 0 Å². The normalized spacial score (nSPS) is 19.6. The van der Waals surface area contributed by atoms with Crippen LogP contribution in [0.2, 0.25) is 0 Å². The molecule has 1 aromatic rings. The van der Waals surface area contributed by atoms with Crippen LogP contribution in [0.4, 0.5) is 13.2 Å². The molecule has 0 bridgehead atoms. The third-order valence-electron chi connectivity index (χ3n) is 2.65. The molecule has 1 heterocycles. The van der Waals surface area contributed by atoms with E-state index in [0.29, 0.717) is 18.7 Å². The zero-order chi connectivity index (χ0) is 13.2. The molecule has 0 amide bonds. The summed E-state index contributed by atoms with van der Waals surface area (Å²) in [5.41, 5.74) is 0.393. The van der Waals surface area contributed by atoms with Crippen LogP contribution < -0.4 is 15.4 Å². The lowest BCUT2D eigenvalue weighted by Crippen LogP contribution is -2.42. The molecule has 1 aromatic carbocycles. The van der Waals surface area contributed by atoms with Gasteiger partial charge >= 0.3 is 6.36 Å². The van der Waals surface area contributed by atoms with E-state index in [2.05, 4.69) is 15.4 Å². The van der Waals surface area contributed by atoms with E-state index in [-0.39, 0.29) is 29.9 Å². The number of alkyl halides is 3. The maximum atomic E-state index is 12.1. The van der Waals surface area contributed by atoms with Crippen molar-refractivity contribution >= 4 is 12.4 Å². The number of phenols is 1. The van der Waals surface area contributed by atoms with E-state index in [9.17, 15) is 18.3 Å². The van der Waals surface area contributed by atoms with E-state index in [1.165, 1.54) is 12.1 Å². The van der Waals surface area contributed by atoms with Crippen LogP contribution in [-0.2, 0) is 0 Å². The Hall–Kier alpha value is -1.18. The molecule has 3 N–H and O–H groups in total. The van der Waals surface area contributed by atoms with Gasteiger partial charge in [0.25, 0.3) is 0 Å².